The van der Waals surface area contributed by atoms with Gasteiger partial charge >= 0.3 is 11.6 Å². The highest BCUT2D eigenvalue weighted by Gasteiger charge is 2.08. The van der Waals surface area contributed by atoms with Crippen molar-refractivity contribution in [3.8, 4) is 0 Å². The van der Waals surface area contributed by atoms with Crippen LogP contribution in [0.4, 0.5) is 0 Å². The second-order valence-corrected chi connectivity index (χ2v) is 1.61. The van der Waals surface area contributed by atoms with Crippen molar-refractivity contribution in [1.29, 1.82) is 0 Å². The van der Waals surface area contributed by atoms with Crippen LogP contribution < -0.4 is 5.63 Å². The molecule has 0 atom stereocenters. The molecule has 10 heavy (non-hydrogen) atoms. The summed E-state index contributed by atoms with van der Waals surface area (Å²) in [6.07, 6.45) is -0.411. The molecule has 1 aromatic rings. The number of aliphatic carboxylic acids is 1. The number of hydrogen-bond acceptors (Lipinski definition) is 4. The largest absolute Gasteiger partial charge is 0.481 e. The molecule has 0 aliphatic rings. The molecule has 0 saturated heterocycles. The Bertz CT molecular complexity index is 285. The van der Waals surface area contributed by atoms with Gasteiger partial charge in [-0.2, -0.15) is 0 Å². The van der Waals surface area contributed by atoms with E-state index in [9.17, 15) is 9.59 Å². The maximum atomic E-state index is 10.4. The van der Waals surface area contributed by atoms with Crippen LogP contribution in [0, 0.1) is 0 Å². The van der Waals surface area contributed by atoms with Crippen LogP contribution in [-0.2, 0) is 11.2 Å². The van der Waals surface area contributed by atoms with Crippen LogP contribution in [0.3, 0.4) is 0 Å². The number of hydrogen-bond donors (Lipinski definition) is 2. The Hall–Kier alpha value is -1.59. The highest BCUT2D eigenvalue weighted by Crippen LogP contribution is 1.83. The number of carboxylic acids is 1. The van der Waals surface area contributed by atoms with Crippen molar-refractivity contribution in [1.82, 2.24) is 10.4 Å². The monoisotopic (exact) mass is 144 g/mol. The van der Waals surface area contributed by atoms with E-state index in [-0.39, 0.29) is 5.69 Å². The van der Waals surface area contributed by atoms with Crippen LogP contribution >= 0.6 is 0 Å². The van der Waals surface area contributed by atoms with E-state index < -0.39 is 18.0 Å². The van der Waals surface area contributed by atoms with E-state index in [1.165, 1.54) is 0 Å². The molecule has 1 heterocycles. The summed E-state index contributed by atoms with van der Waals surface area (Å²) in [5.74, 6) is -1.11. The van der Waals surface area contributed by atoms with Gasteiger partial charge in [-0.15, -0.1) is 10.4 Å². The topological polar surface area (TPSA) is 96.2 Å². The van der Waals surface area contributed by atoms with Crippen molar-refractivity contribution in [3.05, 3.63) is 16.1 Å². The first kappa shape index (κ1) is 6.53. The van der Waals surface area contributed by atoms with Crippen LogP contribution in [-0.4, -0.2) is 21.4 Å². The van der Waals surface area contributed by atoms with Gasteiger partial charge < -0.3 is 9.63 Å². The Labute approximate surface area is 54.4 Å². The van der Waals surface area contributed by atoms with Crippen molar-refractivity contribution >= 4 is 5.97 Å². The molecular weight excluding hydrogens is 140 g/mol. The van der Waals surface area contributed by atoms with Gasteiger partial charge in [-0.1, -0.05) is 0 Å². The minimum absolute atomic E-state index is 0.118. The Morgan fingerprint density at radius 1 is 1.80 bits per heavy atom. The molecule has 1 aromatic heterocycles. The molecule has 54 valence electrons. The lowest BCUT2D eigenvalue weighted by atomic mass is 10.3. The van der Waals surface area contributed by atoms with E-state index in [1.54, 1.807) is 0 Å². The molecule has 0 unspecified atom stereocenters. The molecule has 0 aliphatic carbocycles. The summed E-state index contributed by atoms with van der Waals surface area (Å²) >= 11 is 0. The lowest BCUT2D eigenvalue weighted by molar-refractivity contribution is -0.136. The zero-order valence-electron chi connectivity index (χ0n) is 4.83. The Kier molecular flexibility index (Phi) is 1.53. The first-order chi connectivity index (χ1) is 4.70. The van der Waals surface area contributed by atoms with Crippen molar-refractivity contribution in [2.24, 2.45) is 0 Å². The summed E-state index contributed by atoms with van der Waals surface area (Å²) in [7, 11) is 0. The van der Waals surface area contributed by atoms with E-state index in [0.717, 1.165) is 0 Å². The lowest BCUT2D eigenvalue weighted by Crippen LogP contribution is -2.09. The molecule has 0 amide bonds. The van der Waals surface area contributed by atoms with Gasteiger partial charge in [0.25, 0.3) is 0 Å². The van der Waals surface area contributed by atoms with E-state index in [4.69, 9.17) is 5.11 Å². The SMILES string of the molecule is O=C(O)Cc1n[nH]oc1=O. The summed E-state index contributed by atoms with van der Waals surface area (Å²) in [4.78, 5) is 20.4. The van der Waals surface area contributed by atoms with Crippen LogP contribution in [0.25, 0.3) is 0 Å². The van der Waals surface area contributed by atoms with Crippen molar-refractivity contribution in [2.45, 2.75) is 6.42 Å². The summed E-state index contributed by atoms with van der Waals surface area (Å²) < 4.78 is 4.11. The zero-order valence-corrected chi connectivity index (χ0v) is 4.83. The average Bonchev–Trinajstić information content (AvgIpc) is 2.15. The first-order valence-corrected chi connectivity index (χ1v) is 2.44. The zero-order chi connectivity index (χ0) is 7.56. The van der Waals surface area contributed by atoms with Crippen LogP contribution in [0.2, 0.25) is 0 Å². The normalized spacial score (nSPS) is 9.60. The summed E-state index contributed by atoms with van der Waals surface area (Å²) in [6.45, 7) is 0. The summed E-state index contributed by atoms with van der Waals surface area (Å²) in [6, 6.07) is 0. The van der Waals surface area contributed by atoms with Crippen molar-refractivity contribution < 1.29 is 14.4 Å². The minimum atomic E-state index is -1.11. The quantitative estimate of drug-likeness (QED) is 0.554. The molecule has 0 spiro atoms. The van der Waals surface area contributed by atoms with Crippen LogP contribution in [0.15, 0.2) is 9.32 Å². The Balaban J connectivity index is 2.85. The molecule has 6 nitrogen and oxygen atoms in total. The second kappa shape index (κ2) is 2.34. The number of nitrogens with zero attached hydrogens (tertiary/aromatic N) is 1. The van der Waals surface area contributed by atoms with Crippen LogP contribution in [0.1, 0.15) is 5.69 Å². The number of aromatic amines is 1. The number of aromatic nitrogens is 2. The highest BCUT2D eigenvalue weighted by molar-refractivity contribution is 5.69. The van der Waals surface area contributed by atoms with Gasteiger partial charge in [0.15, 0.2) is 5.69 Å². The van der Waals surface area contributed by atoms with Crippen molar-refractivity contribution in [3.63, 3.8) is 0 Å². The third-order valence-corrected chi connectivity index (χ3v) is 0.873. The number of rotatable bonds is 2. The molecule has 0 bridgehead atoms. The summed E-state index contributed by atoms with van der Waals surface area (Å²) in [5.41, 5.74) is -0.852. The predicted molar refractivity (Wildman–Crippen MR) is 28.5 cm³/mol. The predicted octanol–water partition coefficient (Wildman–Crippen LogP) is -1.01. The fourth-order valence-electron chi connectivity index (χ4n) is 0.479. The number of H-pyrrole nitrogens is 1. The first-order valence-electron chi connectivity index (χ1n) is 2.44. The van der Waals surface area contributed by atoms with Crippen molar-refractivity contribution in [2.75, 3.05) is 0 Å². The fourth-order valence-corrected chi connectivity index (χ4v) is 0.479. The van der Waals surface area contributed by atoms with Gasteiger partial charge in [0.1, 0.15) is 0 Å². The maximum Gasteiger partial charge on any atom is 0.381 e. The van der Waals surface area contributed by atoms with Gasteiger partial charge in [-0.05, 0) is 0 Å². The molecule has 1 rings (SSSR count). The molecular formula is C4H4N2O4. The summed E-state index contributed by atoms with van der Waals surface area (Å²) in [5, 5.41) is 13.3. The number of carboxylic acid groups (broad SMARTS) is 1. The molecule has 0 saturated carbocycles. The van der Waals surface area contributed by atoms with Gasteiger partial charge in [-0.3, -0.25) is 4.79 Å². The fraction of sp³-hybridized carbons (Fsp3) is 0.250. The lowest BCUT2D eigenvalue weighted by Gasteiger charge is -1.80. The molecule has 2 N–H and O–H groups in total. The second-order valence-electron chi connectivity index (χ2n) is 1.61. The molecule has 0 aliphatic heterocycles. The van der Waals surface area contributed by atoms with E-state index in [0.29, 0.717) is 0 Å². The third kappa shape index (κ3) is 1.22. The van der Waals surface area contributed by atoms with E-state index >= 15 is 0 Å². The van der Waals surface area contributed by atoms with Gasteiger partial charge in [0.2, 0.25) is 0 Å². The highest BCUT2D eigenvalue weighted by atomic mass is 16.5. The van der Waals surface area contributed by atoms with Crippen LogP contribution in [0.5, 0.6) is 0 Å². The van der Waals surface area contributed by atoms with E-state index in [2.05, 4.69) is 9.62 Å². The Morgan fingerprint density at radius 3 is 2.90 bits per heavy atom. The molecule has 0 aromatic carbocycles. The van der Waals surface area contributed by atoms with Gasteiger partial charge in [-0.25, -0.2) is 4.79 Å². The van der Waals surface area contributed by atoms with E-state index in [1.807, 2.05) is 5.27 Å². The average molecular weight is 144 g/mol. The smallest absolute Gasteiger partial charge is 0.381 e. The number of carbonyl (C=O) groups is 1. The Morgan fingerprint density at radius 2 is 2.50 bits per heavy atom. The number of nitrogens with one attached hydrogen (secondary N) is 1. The standard InChI is InChI=1S/C4H4N2O4/c7-3(8)1-2-4(9)10-6-5-2/h6H,1H2,(H,7,8). The third-order valence-electron chi connectivity index (χ3n) is 0.873. The maximum absolute atomic E-state index is 10.4. The minimum Gasteiger partial charge on any atom is -0.481 e. The van der Waals surface area contributed by atoms with Gasteiger partial charge in [0.05, 0.1) is 6.42 Å². The van der Waals surface area contributed by atoms with Gasteiger partial charge in [0, 0.05) is 0 Å². The molecule has 0 radical (unpaired) electrons. The molecule has 6 heteroatoms. The molecule has 0 fully saturated rings.